The summed E-state index contributed by atoms with van der Waals surface area (Å²) in [6, 6.07) is 66.4. The summed E-state index contributed by atoms with van der Waals surface area (Å²) in [4.78, 5) is 0. The molecule has 0 saturated carbocycles. The van der Waals surface area contributed by atoms with Crippen LogP contribution in [-0.4, -0.2) is 0 Å². The van der Waals surface area contributed by atoms with Crippen molar-refractivity contribution in [1.82, 2.24) is 0 Å². The molecule has 0 unspecified atom stereocenters. The number of ether oxygens (including phenoxy) is 2. The Bertz CT molecular complexity index is 3270. The van der Waals surface area contributed by atoms with Gasteiger partial charge >= 0.3 is 0 Å². The van der Waals surface area contributed by atoms with Crippen LogP contribution in [0.1, 0.15) is 49.9 Å². The Hall–Kier alpha value is -7.16. The first-order valence-electron chi connectivity index (χ1n) is 21.0. The lowest BCUT2D eigenvalue weighted by molar-refractivity contribution is 0.419. The number of hydrogen-bond donors (Lipinski definition) is 0. The van der Waals surface area contributed by atoms with Gasteiger partial charge in [0.15, 0.2) is 0 Å². The molecule has 0 saturated heterocycles. The Morgan fingerprint density at radius 1 is 0.300 bits per heavy atom. The van der Waals surface area contributed by atoms with Crippen molar-refractivity contribution < 1.29 is 9.47 Å². The number of fused-ring (bicyclic) bond motifs is 9. The second kappa shape index (κ2) is 12.7. The van der Waals surface area contributed by atoms with Crippen LogP contribution in [0.4, 0.5) is 0 Å². The maximum absolute atomic E-state index is 6.94. The molecule has 0 radical (unpaired) electrons. The quantitative estimate of drug-likeness (QED) is 0.132. The fraction of sp³-hybridized carbons (Fsp3) is 0.103. The van der Waals surface area contributed by atoms with Crippen LogP contribution in [0.5, 0.6) is 23.0 Å². The normalized spacial score (nSPS) is 14.5. The van der Waals surface area contributed by atoms with Gasteiger partial charge in [0.1, 0.15) is 23.0 Å². The summed E-state index contributed by atoms with van der Waals surface area (Å²) < 4.78 is 13.9. The molecular formula is C58H42O2. The van der Waals surface area contributed by atoms with Gasteiger partial charge in [0.25, 0.3) is 0 Å². The fourth-order valence-electron chi connectivity index (χ4n) is 10.5. The van der Waals surface area contributed by atoms with Crippen molar-refractivity contribution in [2.45, 2.75) is 38.5 Å². The van der Waals surface area contributed by atoms with Crippen molar-refractivity contribution in [2.24, 2.45) is 0 Å². The summed E-state index contributed by atoms with van der Waals surface area (Å²) in [6.45, 7) is 9.24. The number of hydrogen-bond acceptors (Lipinski definition) is 2. The summed E-state index contributed by atoms with van der Waals surface area (Å²) >= 11 is 0. The molecule has 286 valence electrons. The zero-order valence-electron chi connectivity index (χ0n) is 34.1. The summed E-state index contributed by atoms with van der Waals surface area (Å²) in [5.74, 6) is 3.67. The minimum absolute atomic E-state index is 0.237. The number of para-hydroxylation sites is 4. The molecule has 0 fully saturated rings. The molecule has 2 aliphatic heterocycles. The van der Waals surface area contributed by atoms with Crippen molar-refractivity contribution >= 4 is 43.1 Å². The van der Waals surface area contributed by atoms with E-state index in [1.54, 1.807) is 0 Å². The highest BCUT2D eigenvalue weighted by atomic mass is 16.5. The molecule has 2 heteroatoms. The van der Waals surface area contributed by atoms with Gasteiger partial charge in [-0.3, -0.25) is 0 Å². The van der Waals surface area contributed by atoms with Crippen LogP contribution in [0.15, 0.2) is 182 Å². The molecule has 0 atom stereocenters. The highest BCUT2D eigenvalue weighted by molar-refractivity contribution is 6.24. The minimum atomic E-state index is -0.237. The SMILES string of the molecule is CC1(C)c2ccccc2Oc2c(-c3cccc4c(-c5cc6ccccc6c6ccccc56)c5cccc(-c6cccc7c6Oc6ccccc6C7(C)C)c5cc34)cccc21. The molecule has 2 aliphatic rings. The van der Waals surface area contributed by atoms with Gasteiger partial charge in [-0.1, -0.05) is 185 Å². The van der Waals surface area contributed by atoms with Gasteiger partial charge in [-0.25, -0.2) is 0 Å². The van der Waals surface area contributed by atoms with E-state index in [-0.39, 0.29) is 10.8 Å². The van der Waals surface area contributed by atoms with Crippen LogP contribution >= 0.6 is 0 Å². The largest absolute Gasteiger partial charge is 0.456 e. The Balaban J connectivity index is 1.20. The molecule has 12 rings (SSSR count). The third-order valence-corrected chi connectivity index (χ3v) is 13.6. The number of benzene rings is 10. The molecule has 0 aliphatic carbocycles. The van der Waals surface area contributed by atoms with Crippen LogP contribution in [0.25, 0.3) is 76.5 Å². The van der Waals surface area contributed by atoms with Crippen LogP contribution in [0, 0.1) is 0 Å². The lowest BCUT2D eigenvalue weighted by atomic mass is 9.74. The second-order valence-corrected chi connectivity index (χ2v) is 17.6. The van der Waals surface area contributed by atoms with E-state index < -0.39 is 0 Å². The van der Waals surface area contributed by atoms with E-state index in [1.165, 1.54) is 76.5 Å². The first kappa shape index (κ1) is 34.8. The smallest absolute Gasteiger partial charge is 0.139 e. The van der Waals surface area contributed by atoms with Gasteiger partial charge in [0.05, 0.1) is 0 Å². The highest BCUT2D eigenvalue weighted by Gasteiger charge is 2.37. The molecule has 0 spiro atoms. The molecule has 0 bridgehead atoms. The van der Waals surface area contributed by atoms with Crippen molar-refractivity contribution in [2.75, 3.05) is 0 Å². The number of rotatable bonds is 3. The monoisotopic (exact) mass is 770 g/mol. The van der Waals surface area contributed by atoms with Crippen molar-refractivity contribution in [3.8, 4) is 56.4 Å². The van der Waals surface area contributed by atoms with E-state index in [0.29, 0.717) is 0 Å². The van der Waals surface area contributed by atoms with Crippen molar-refractivity contribution in [3.63, 3.8) is 0 Å². The van der Waals surface area contributed by atoms with Gasteiger partial charge in [0.2, 0.25) is 0 Å². The molecular weight excluding hydrogens is 729 g/mol. The van der Waals surface area contributed by atoms with Crippen LogP contribution in [-0.2, 0) is 10.8 Å². The summed E-state index contributed by atoms with van der Waals surface area (Å²) in [6.07, 6.45) is 0. The Morgan fingerprint density at radius 3 is 1.28 bits per heavy atom. The van der Waals surface area contributed by atoms with Gasteiger partial charge < -0.3 is 9.47 Å². The molecule has 10 aromatic rings. The topological polar surface area (TPSA) is 18.5 Å². The van der Waals surface area contributed by atoms with Gasteiger partial charge in [0, 0.05) is 44.2 Å². The van der Waals surface area contributed by atoms with Crippen molar-refractivity contribution in [3.05, 3.63) is 204 Å². The van der Waals surface area contributed by atoms with E-state index in [2.05, 4.69) is 210 Å². The average molecular weight is 771 g/mol. The molecule has 0 N–H and O–H groups in total. The van der Waals surface area contributed by atoms with E-state index in [9.17, 15) is 0 Å². The van der Waals surface area contributed by atoms with Crippen LogP contribution < -0.4 is 9.47 Å². The van der Waals surface area contributed by atoms with Gasteiger partial charge in [-0.2, -0.15) is 0 Å². The summed E-state index contributed by atoms with van der Waals surface area (Å²) in [7, 11) is 0. The van der Waals surface area contributed by atoms with Crippen molar-refractivity contribution in [1.29, 1.82) is 0 Å². The maximum Gasteiger partial charge on any atom is 0.139 e. The predicted octanol–water partition coefficient (Wildman–Crippen LogP) is 16.2. The highest BCUT2D eigenvalue weighted by Crippen LogP contribution is 2.55. The lowest BCUT2D eigenvalue weighted by Crippen LogP contribution is -2.24. The zero-order chi connectivity index (χ0) is 40.3. The minimum Gasteiger partial charge on any atom is -0.456 e. The van der Waals surface area contributed by atoms with E-state index in [1.807, 2.05) is 0 Å². The lowest BCUT2D eigenvalue weighted by Gasteiger charge is -2.35. The first-order valence-corrected chi connectivity index (χ1v) is 21.0. The third-order valence-electron chi connectivity index (χ3n) is 13.6. The van der Waals surface area contributed by atoms with E-state index in [4.69, 9.17) is 9.47 Å². The van der Waals surface area contributed by atoms with Crippen LogP contribution in [0.3, 0.4) is 0 Å². The third kappa shape index (κ3) is 4.88. The van der Waals surface area contributed by atoms with Gasteiger partial charge in [-0.05, 0) is 89.6 Å². The molecule has 2 nitrogen and oxygen atoms in total. The Morgan fingerprint density at radius 2 is 0.717 bits per heavy atom. The average Bonchev–Trinajstić information content (AvgIpc) is 3.27. The Labute approximate surface area is 350 Å². The maximum atomic E-state index is 6.94. The van der Waals surface area contributed by atoms with Gasteiger partial charge in [-0.15, -0.1) is 0 Å². The molecule has 0 amide bonds. The summed E-state index contributed by atoms with van der Waals surface area (Å²) in [5, 5.41) is 9.72. The molecule has 60 heavy (non-hydrogen) atoms. The standard InChI is InChI=1S/C58H42O2/c1-57(2)48-27-9-11-31-52(48)59-55-43(25-15-29-50(55)57)39-21-13-23-41-45(39)34-46-40(44-26-16-30-51-56(44)60-53-32-12-10-28-49(53)58(51,3)4)22-14-24-42(46)54(41)47-33-35-17-5-6-18-36(35)37-19-7-8-20-38(37)47/h5-34H,1-4H3. The molecule has 10 aromatic carbocycles. The van der Waals surface area contributed by atoms with E-state index >= 15 is 0 Å². The van der Waals surface area contributed by atoms with Crippen LogP contribution in [0.2, 0.25) is 0 Å². The first-order chi connectivity index (χ1) is 29.3. The Kier molecular flexibility index (Phi) is 7.36. The fourth-order valence-corrected chi connectivity index (χ4v) is 10.5. The molecule has 0 aromatic heterocycles. The second-order valence-electron chi connectivity index (χ2n) is 17.6. The zero-order valence-corrected chi connectivity index (χ0v) is 34.1. The molecule has 2 heterocycles. The summed E-state index contributed by atoms with van der Waals surface area (Å²) in [5.41, 5.74) is 11.2. The predicted molar refractivity (Wildman–Crippen MR) is 250 cm³/mol. The van der Waals surface area contributed by atoms with E-state index in [0.717, 1.165) is 45.3 Å².